The molecule has 3 rings (SSSR count). The number of carbonyl (C=O) groups is 3. The molecule has 0 aliphatic carbocycles. The molecule has 1 aromatic carbocycles. The van der Waals surface area contributed by atoms with Crippen molar-refractivity contribution >= 4 is 23.5 Å². The number of carbonyl (C=O) groups excluding carboxylic acids is 3. The quantitative estimate of drug-likeness (QED) is 0.822. The number of hydrogen-bond donors (Lipinski definition) is 1. The minimum absolute atomic E-state index is 0.0382. The first-order chi connectivity index (χ1) is 12.0. The summed E-state index contributed by atoms with van der Waals surface area (Å²) < 4.78 is 0. The molecule has 1 N–H and O–H groups in total. The van der Waals surface area contributed by atoms with Crippen LogP contribution in [0, 0.1) is 0 Å². The highest BCUT2D eigenvalue weighted by Gasteiger charge is 2.41. The van der Waals surface area contributed by atoms with E-state index in [1.165, 1.54) is 24.8 Å². The molecule has 2 fully saturated rings. The molecule has 1 atom stereocenters. The third-order valence-corrected chi connectivity index (χ3v) is 4.93. The zero-order valence-corrected chi connectivity index (χ0v) is 14.7. The van der Waals surface area contributed by atoms with Gasteiger partial charge in [0.25, 0.3) is 5.91 Å². The van der Waals surface area contributed by atoms with Gasteiger partial charge in [-0.25, -0.2) is 4.79 Å². The summed E-state index contributed by atoms with van der Waals surface area (Å²) >= 11 is 0. The number of nitrogens with zero attached hydrogens (tertiary/aromatic N) is 3. The number of anilines is 1. The smallest absolute Gasteiger partial charge is 0.326 e. The maximum Gasteiger partial charge on any atom is 0.326 e. The number of urea groups is 1. The van der Waals surface area contributed by atoms with Gasteiger partial charge in [-0.05, 0) is 37.6 Å². The number of imide groups is 1. The monoisotopic (exact) mass is 344 g/mol. The van der Waals surface area contributed by atoms with E-state index in [1.807, 2.05) is 24.3 Å². The molecule has 7 heteroatoms. The molecule has 7 nitrogen and oxygen atoms in total. The van der Waals surface area contributed by atoms with Gasteiger partial charge in [-0.3, -0.25) is 19.4 Å². The van der Waals surface area contributed by atoms with Gasteiger partial charge in [0, 0.05) is 26.3 Å². The summed E-state index contributed by atoms with van der Waals surface area (Å²) in [5.74, 6) is -0.602. The van der Waals surface area contributed by atoms with Crippen molar-refractivity contribution in [3.8, 4) is 0 Å². The molecule has 2 heterocycles. The van der Waals surface area contributed by atoms with E-state index in [0.717, 1.165) is 35.8 Å². The number of rotatable bonds is 5. The minimum atomic E-state index is -0.733. The Morgan fingerprint density at radius 2 is 1.84 bits per heavy atom. The lowest BCUT2D eigenvalue weighted by atomic mass is 10.1. The molecule has 4 amide bonds. The SMILES string of the molecule is CN1C(=O)C(CC(=O)Nc2ccccc2CN2CCCC2)N(C)C1=O. The number of benzene rings is 1. The summed E-state index contributed by atoms with van der Waals surface area (Å²) in [4.78, 5) is 41.1. The van der Waals surface area contributed by atoms with E-state index in [2.05, 4.69) is 10.2 Å². The number of hydrogen-bond acceptors (Lipinski definition) is 4. The Balaban J connectivity index is 1.65. The van der Waals surface area contributed by atoms with Gasteiger partial charge in [0.05, 0.1) is 6.42 Å². The van der Waals surface area contributed by atoms with Gasteiger partial charge in [-0.15, -0.1) is 0 Å². The molecule has 0 saturated carbocycles. The molecular formula is C18H24N4O3. The zero-order chi connectivity index (χ0) is 18.0. The third kappa shape index (κ3) is 3.66. The van der Waals surface area contributed by atoms with Crippen LogP contribution >= 0.6 is 0 Å². The number of likely N-dealkylation sites (N-methyl/N-ethyl adjacent to an activating group) is 2. The summed E-state index contributed by atoms with van der Waals surface area (Å²) in [5, 5.41) is 2.91. The van der Waals surface area contributed by atoms with Crippen LogP contribution in [0.5, 0.6) is 0 Å². The molecule has 2 aliphatic rings. The summed E-state index contributed by atoms with van der Waals surface area (Å²) in [6.45, 7) is 2.97. The number of nitrogens with one attached hydrogen (secondary N) is 1. The van der Waals surface area contributed by atoms with Gasteiger partial charge in [0.15, 0.2) is 0 Å². The van der Waals surface area contributed by atoms with Crippen LogP contribution in [0.1, 0.15) is 24.8 Å². The zero-order valence-electron chi connectivity index (χ0n) is 14.7. The number of amides is 4. The first kappa shape index (κ1) is 17.4. The van der Waals surface area contributed by atoms with Crippen LogP contribution in [0.4, 0.5) is 10.5 Å². The van der Waals surface area contributed by atoms with Crippen molar-refractivity contribution < 1.29 is 14.4 Å². The van der Waals surface area contributed by atoms with E-state index in [4.69, 9.17) is 0 Å². The van der Waals surface area contributed by atoms with Gasteiger partial charge in [0.2, 0.25) is 5.91 Å². The van der Waals surface area contributed by atoms with E-state index < -0.39 is 6.04 Å². The first-order valence-electron chi connectivity index (χ1n) is 8.62. The van der Waals surface area contributed by atoms with E-state index >= 15 is 0 Å². The number of likely N-dealkylation sites (tertiary alicyclic amines) is 1. The topological polar surface area (TPSA) is 73.0 Å². The van der Waals surface area contributed by atoms with Crippen molar-refractivity contribution in [2.45, 2.75) is 31.8 Å². The molecule has 0 bridgehead atoms. The van der Waals surface area contributed by atoms with Gasteiger partial charge in [-0.2, -0.15) is 0 Å². The Labute approximate surface area is 147 Å². The van der Waals surface area contributed by atoms with Crippen LogP contribution in [0.15, 0.2) is 24.3 Å². The second-order valence-electron chi connectivity index (χ2n) is 6.70. The maximum absolute atomic E-state index is 12.4. The number of para-hydroxylation sites is 1. The third-order valence-electron chi connectivity index (χ3n) is 4.93. The Morgan fingerprint density at radius 1 is 1.16 bits per heavy atom. The summed E-state index contributed by atoms with van der Waals surface area (Å²) in [5.41, 5.74) is 1.84. The van der Waals surface area contributed by atoms with Gasteiger partial charge < -0.3 is 10.2 Å². The summed E-state index contributed by atoms with van der Waals surface area (Å²) in [6, 6.07) is 6.62. The van der Waals surface area contributed by atoms with Crippen LogP contribution in [0.3, 0.4) is 0 Å². The average Bonchev–Trinajstić information content (AvgIpc) is 3.17. The lowest BCUT2D eigenvalue weighted by molar-refractivity contribution is -0.129. The van der Waals surface area contributed by atoms with Gasteiger partial charge in [-0.1, -0.05) is 18.2 Å². The average molecular weight is 344 g/mol. The van der Waals surface area contributed by atoms with Crippen LogP contribution in [-0.4, -0.2) is 65.8 Å². The Kier molecular flexibility index (Phi) is 5.03. The second-order valence-corrected chi connectivity index (χ2v) is 6.70. The molecular weight excluding hydrogens is 320 g/mol. The molecule has 2 saturated heterocycles. The molecule has 0 spiro atoms. The molecule has 134 valence electrons. The van der Waals surface area contributed by atoms with Crippen LogP contribution in [-0.2, 0) is 16.1 Å². The molecule has 1 unspecified atom stereocenters. The maximum atomic E-state index is 12.4. The van der Waals surface area contributed by atoms with Crippen molar-refractivity contribution in [3.05, 3.63) is 29.8 Å². The Bertz CT molecular complexity index is 685. The fraction of sp³-hybridized carbons (Fsp3) is 0.500. The summed E-state index contributed by atoms with van der Waals surface area (Å²) in [6.07, 6.45) is 2.39. The van der Waals surface area contributed by atoms with Crippen molar-refractivity contribution in [3.63, 3.8) is 0 Å². The highest BCUT2D eigenvalue weighted by molar-refractivity contribution is 6.06. The largest absolute Gasteiger partial charge is 0.326 e. The summed E-state index contributed by atoms with van der Waals surface area (Å²) in [7, 11) is 2.98. The van der Waals surface area contributed by atoms with E-state index in [-0.39, 0.29) is 24.3 Å². The predicted molar refractivity (Wildman–Crippen MR) is 93.9 cm³/mol. The van der Waals surface area contributed by atoms with E-state index in [1.54, 1.807) is 7.05 Å². The van der Waals surface area contributed by atoms with Crippen molar-refractivity contribution in [2.24, 2.45) is 0 Å². The first-order valence-corrected chi connectivity index (χ1v) is 8.62. The van der Waals surface area contributed by atoms with Gasteiger partial charge >= 0.3 is 6.03 Å². The Morgan fingerprint density at radius 3 is 2.48 bits per heavy atom. The lowest BCUT2D eigenvalue weighted by Gasteiger charge is -2.19. The van der Waals surface area contributed by atoms with E-state index in [9.17, 15) is 14.4 Å². The van der Waals surface area contributed by atoms with Gasteiger partial charge in [0.1, 0.15) is 6.04 Å². The molecule has 25 heavy (non-hydrogen) atoms. The second kappa shape index (κ2) is 7.23. The highest BCUT2D eigenvalue weighted by atomic mass is 16.2. The van der Waals surface area contributed by atoms with Crippen molar-refractivity contribution in [1.82, 2.24) is 14.7 Å². The molecule has 1 aromatic rings. The highest BCUT2D eigenvalue weighted by Crippen LogP contribution is 2.22. The van der Waals surface area contributed by atoms with Crippen molar-refractivity contribution in [1.29, 1.82) is 0 Å². The van der Waals surface area contributed by atoms with Crippen LogP contribution < -0.4 is 5.32 Å². The molecule has 0 aromatic heterocycles. The normalized spacial score (nSPS) is 21.3. The molecule has 0 radical (unpaired) electrons. The van der Waals surface area contributed by atoms with E-state index in [0.29, 0.717) is 0 Å². The Hall–Kier alpha value is -2.41. The fourth-order valence-corrected chi connectivity index (χ4v) is 3.42. The van der Waals surface area contributed by atoms with Crippen LogP contribution in [0.25, 0.3) is 0 Å². The van der Waals surface area contributed by atoms with Crippen LogP contribution in [0.2, 0.25) is 0 Å². The fourth-order valence-electron chi connectivity index (χ4n) is 3.42. The lowest BCUT2D eigenvalue weighted by Crippen LogP contribution is -2.35. The molecule has 2 aliphatic heterocycles. The standard InChI is InChI=1S/C18H24N4O3/c1-20-15(17(24)21(2)18(20)25)11-16(23)19-14-8-4-3-7-13(14)12-22-9-5-6-10-22/h3-4,7-8,15H,5-6,9-12H2,1-2H3,(H,19,23). The predicted octanol–water partition coefficient (Wildman–Crippen LogP) is 1.50. The van der Waals surface area contributed by atoms with Crippen molar-refractivity contribution in [2.75, 3.05) is 32.5 Å². The minimum Gasteiger partial charge on any atom is -0.326 e.